The molecule has 0 saturated heterocycles. The molecule has 0 unspecified atom stereocenters. The van der Waals surface area contributed by atoms with Crippen LogP contribution in [0.25, 0.3) is 16.7 Å². The summed E-state index contributed by atoms with van der Waals surface area (Å²) in [6, 6.07) is 11.6. The molecule has 0 aliphatic carbocycles. The zero-order valence-corrected chi connectivity index (χ0v) is 18.9. The van der Waals surface area contributed by atoms with E-state index in [0.717, 1.165) is 32.8 Å². The number of pyridine rings is 1. The second kappa shape index (κ2) is 7.99. The summed E-state index contributed by atoms with van der Waals surface area (Å²) in [4.78, 5) is 22.2. The van der Waals surface area contributed by atoms with Crippen LogP contribution in [0.15, 0.2) is 57.0 Å². The Labute approximate surface area is 183 Å². The van der Waals surface area contributed by atoms with Gasteiger partial charge in [-0.25, -0.2) is 9.97 Å². The van der Waals surface area contributed by atoms with Crippen LogP contribution in [0.4, 0.5) is 0 Å². The molecule has 7 heteroatoms. The first-order valence-corrected chi connectivity index (χ1v) is 10.6. The van der Waals surface area contributed by atoms with E-state index >= 15 is 0 Å². The van der Waals surface area contributed by atoms with Crippen LogP contribution in [0.3, 0.4) is 0 Å². The molecule has 0 saturated carbocycles. The minimum absolute atomic E-state index is 0.177. The van der Waals surface area contributed by atoms with Gasteiger partial charge in [0.2, 0.25) is 0 Å². The lowest BCUT2D eigenvalue weighted by molar-refractivity contribution is 0.734. The number of nitrogens with zero attached hydrogens (tertiary/aromatic N) is 5. The topological polar surface area (TPSA) is 65.1 Å². The van der Waals surface area contributed by atoms with Crippen molar-refractivity contribution in [1.82, 2.24) is 19.2 Å². The zero-order chi connectivity index (χ0) is 21.4. The summed E-state index contributed by atoms with van der Waals surface area (Å²) >= 11 is 3.43. The maximum Gasteiger partial charge on any atom is 0.282 e. The molecule has 0 spiro atoms. The zero-order valence-electron chi connectivity index (χ0n) is 17.3. The van der Waals surface area contributed by atoms with Crippen LogP contribution in [0.1, 0.15) is 35.3 Å². The van der Waals surface area contributed by atoms with Crippen molar-refractivity contribution in [3.8, 4) is 5.82 Å². The molecule has 3 heterocycles. The first kappa shape index (κ1) is 20.2. The van der Waals surface area contributed by atoms with Crippen LogP contribution < -0.4 is 5.56 Å². The van der Waals surface area contributed by atoms with Gasteiger partial charge in [-0.05, 0) is 56.7 Å². The number of halogens is 1. The van der Waals surface area contributed by atoms with Gasteiger partial charge >= 0.3 is 0 Å². The molecule has 6 nitrogen and oxygen atoms in total. The van der Waals surface area contributed by atoms with Crippen LogP contribution in [0, 0.1) is 20.8 Å². The summed E-state index contributed by atoms with van der Waals surface area (Å²) in [5, 5.41) is 5.05. The van der Waals surface area contributed by atoms with E-state index in [-0.39, 0.29) is 5.56 Å². The van der Waals surface area contributed by atoms with Gasteiger partial charge in [0.25, 0.3) is 5.56 Å². The van der Waals surface area contributed by atoms with E-state index in [0.29, 0.717) is 23.1 Å². The van der Waals surface area contributed by atoms with Crippen LogP contribution in [-0.4, -0.2) is 25.4 Å². The average Bonchev–Trinajstić information content (AvgIpc) is 3.01. The lowest BCUT2D eigenvalue weighted by Crippen LogP contribution is -2.22. The lowest BCUT2D eigenvalue weighted by Gasteiger charge is -2.09. The predicted octanol–water partition coefficient (Wildman–Crippen LogP) is 4.71. The minimum atomic E-state index is -0.177. The normalized spacial score (nSPS) is 11.6. The largest absolute Gasteiger partial charge is 0.303 e. The smallest absolute Gasteiger partial charge is 0.282 e. The molecular formula is C23H22BrN5O. The number of hydrogen-bond donors (Lipinski definition) is 0. The highest BCUT2D eigenvalue weighted by Gasteiger charge is 2.12. The standard InChI is InChI=1S/C23H22BrN5O/c1-5-21-27-20-8-7-18(24)11-19(20)23(30)29(21)26-13-17-10-15(3)28(16(17)4)22-9-6-14(2)12-25-22/h6-13H,5H2,1-4H3. The summed E-state index contributed by atoms with van der Waals surface area (Å²) in [6.45, 7) is 8.04. The van der Waals surface area contributed by atoms with Crippen molar-refractivity contribution in [2.45, 2.75) is 34.1 Å². The summed E-state index contributed by atoms with van der Waals surface area (Å²) in [6.07, 6.45) is 4.18. The van der Waals surface area contributed by atoms with E-state index in [2.05, 4.69) is 35.6 Å². The van der Waals surface area contributed by atoms with Crippen LogP contribution in [0.2, 0.25) is 0 Å². The van der Waals surface area contributed by atoms with E-state index in [1.54, 1.807) is 12.3 Å². The predicted molar refractivity (Wildman–Crippen MR) is 124 cm³/mol. The van der Waals surface area contributed by atoms with E-state index in [1.165, 1.54) is 4.68 Å². The van der Waals surface area contributed by atoms with Gasteiger partial charge in [-0.3, -0.25) is 4.79 Å². The maximum absolute atomic E-state index is 13.1. The molecule has 4 aromatic rings. The quantitative estimate of drug-likeness (QED) is 0.411. The summed E-state index contributed by atoms with van der Waals surface area (Å²) in [5.74, 6) is 1.49. The van der Waals surface area contributed by atoms with Gasteiger partial charge in [-0.1, -0.05) is 28.9 Å². The van der Waals surface area contributed by atoms with E-state index < -0.39 is 0 Å². The second-order valence-corrected chi connectivity index (χ2v) is 8.18. The van der Waals surface area contributed by atoms with Gasteiger partial charge in [-0.2, -0.15) is 9.78 Å². The highest BCUT2D eigenvalue weighted by Crippen LogP contribution is 2.19. The van der Waals surface area contributed by atoms with Crippen molar-refractivity contribution in [2.24, 2.45) is 5.10 Å². The first-order chi connectivity index (χ1) is 14.4. The fraction of sp³-hybridized carbons (Fsp3) is 0.217. The Morgan fingerprint density at radius 1 is 1.13 bits per heavy atom. The number of hydrogen-bond acceptors (Lipinski definition) is 4. The van der Waals surface area contributed by atoms with Crippen molar-refractivity contribution in [2.75, 3.05) is 0 Å². The van der Waals surface area contributed by atoms with Gasteiger partial charge < -0.3 is 4.57 Å². The molecule has 4 rings (SSSR count). The van der Waals surface area contributed by atoms with Crippen molar-refractivity contribution in [3.05, 3.63) is 85.8 Å². The number of benzene rings is 1. The summed E-state index contributed by atoms with van der Waals surface area (Å²) in [5.41, 5.74) is 4.60. The van der Waals surface area contributed by atoms with E-state index in [9.17, 15) is 4.79 Å². The third-order valence-corrected chi connectivity index (χ3v) is 5.59. The molecule has 1 aromatic carbocycles. The maximum atomic E-state index is 13.1. The Morgan fingerprint density at radius 3 is 2.63 bits per heavy atom. The Kier molecular flexibility index (Phi) is 5.39. The van der Waals surface area contributed by atoms with E-state index in [4.69, 9.17) is 0 Å². The highest BCUT2D eigenvalue weighted by atomic mass is 79.9. The van der Waals surface area contributed by atoms with Crippen molar-refractivity contribution >= 4 is 33.0 Å². The Morgan fingerprint density at radius 2 is 1.93 bits per heavy atom. The van der Waals surface area contributed by atoms with Gasteiger partial charge in [0.1, 0.15) is 11.6 Å². The Bertz CT molecular complexity index is 1330. The molecule has 0 N–H and O–H groups in total. The molecule has 3 aromatic heterocycles. The van der Waals surface area contributed by atoms with Crippen molar-refractivity contribution in [3.63, 3.8) is 0 Å². The molecule has 0 amide bonds. The van der Waals surface area contributed by atoms with Gasteiger partial charge in [-0.15, -0.1) is 0 Å². The number of aryl methyl sites for hydroxylation is 3. The van der Waals surface area contributed by atoms with Crippen LogP contribution >= 0.6 is 15.9 Å². The Hall–Kier alpha value is -3.06. The fourth-order valence-corrected chi connectivity index (χ4v) is 3.89. The number of rotatable bonds is 4. The fourth-order valence-electron chi connectivity index (χ4n) is 3.53. The molecule has 30 heavy (non-hydrogen) atoms. The van der Waals surface area contributed by atoms with Gasteiger partial charge in [0.05, 0.1) is 17.1 Å². The second-order valence-electron chi connectivity index (χ2n) is 7.26. The Balaban J connectivity index is 1.80. The molecule has 0 fully saturated rings. The monoisotopic (exact) mass is 463 g/mol. The number of fused-ring (bicyclic) bond motifs is 1. The first-order valence-electron chi connectivity index (χ1n) is 9.76. The third kappa shape index (κ3) is 3.61. The molecular weight excluding hydrogens is 442 g/mol. The molecule has 152 valence electrons. The van der Waals surface area contributed by atoms with Crippen LogP contribution in [0.5, 0.6) is 0 Å². The van der Waals surface area contributed by atoms with Gasteiger partial charge in [0.15, 0.2) is 0 Å². The summed E-state index contributed by atoms with van der Waals surface area (Å²) in [7, 11) is 0. The summed E-state index contributed by atoms with van der Waals surface area (Å²) < 4.78 is 4.31. The molecule has 0 aliphatic heterocycles. The molecule has 0 aliphatic rings. The lowest BCUT2D eigenvalue weighted by atomic mass is 10.2. The SMILES string of the molecule is CCc1nc2ccc(Br)cc2c(=O)n1N=Cc1cc(C)n(-c2ccc(C)cn2)c1C. The average molecular weight is 464 g/mol. The molecule has 0 bridgehead atoms. The minimum Gasteiger partial charge on any atom is -0.303 e. The van der Waals surface area contributed by atoms with Crippen LogP contribution in [-0.2, 0) is 6.42 Å². The third-order valence-electron chi connectivity index (χ3n) is 5.10. The van der Waals surface area contributed by atoms with Crippen molar-refractivity contribution in [1.29, 1.82) is 0 Å². The highest BCUT2D eigenvalue weighted by molar-refractivity contribution is 9.10. The molecule has 0 radical (unpaired) electrons. The number of aromatic nitrogens is 4. The van der Waals surface area contributed by atoms with E-state index in [1.807, 2.05) is 64.2 Å². The molecule has 0 atom stereocenters. The van der Waals surface area contributed by atoms with Gasteiger partial charge in [0, 0.05) is 34.0 Å². The van der Waals surface area contributed by atoms with Crippen molar-refractivity contribution < 1.29 is 0 Å².